The largest absolute Gasteiger partial charge is 0.493 e. The van der Waals surface area contributed by atoms with Crippen molar-refractivity contribution < 1.29 is 19.1 Å². The molecule has 2 aromatic carbocycles. The Morgan fingerprint density at radius 3 is 2.33 bits per heavy atom. The van der Waals surface area contributed by atoms with Gasteiger partial charge in [-0.05, 0) is 60.6 Å². The molecule has 0 saturated carbocycles. The molecule has 30 heavy (non-hydrogen) atoms. The summed E-state index contributed by atoms with van der Waals surface area (Å²) in [4.78, 5) is 23.8. The maximum Gasteiger partial charge on any atom is 0.250 e. The van der Waals surface area contributed by atoms with E-state index >= 15 is 0 Å². The highest BCUT2D eigenvalue weighted by atomic mass is 32.1. The van der Waals surface area contributed by atoms with Crippen molar-refractivity contribution in [3.63, 3.8) is 0 Å². The maximum atomic E-state index is 12.2. The van der Waals surface area contributed by atoms with Crippen LogP contribution in [-0.4, -0.2) is 31.1 Å². The van der Waals surface area contributed by atoms with Gasteiger partial charge in [0.2, 0.25) is 11.8 Å². The number of anilines is 2. The Morgan fingerprint density at radius 1 is 1.03 bits per heavy atom. The van der Waals surface area contributed by atoms with E-state index in [4.69, 9.17) is 21.7 Å². The number of amides is 2. The molecule has 0 bridgehead atoms. The second-order valence-corrected chi connectivity index (χ2v) is 6.68. The van der Waals surface area contributed by atoms with Gasteiger partial charge < -0.3 is 20.1 Å². The van der Waals surface area contributed by atoms with Crippen LogP contribution in [0.15, 0.2) is 42.5 Å². The second-order valence-electron chi connectivity index (χ2n) is 6.27. The predicted molar refractivity (Wildman–Crippen MR) is 123 cm³/mol. The average molecular weight is 428 g/mol. The number of carbonyl (C=O) groups is 2. The van der Waals surface area contributed by atoms with E-state index < -0.39 is 0 Å². The van der Waals surface area contributed by atoms with Gasteiger partial charge in [-0.3, -0.25) is 14.9 Å². The summed E-state index contributed by atoms with van der Waals surface area (Å²) in [5.41, 5.74) is 2.97. The Balaban J connectivity index is 2.00. The van der Waals surface area contributed by atoms with Crippen LogP contribution in [0.3, 0.4) is 0 Å². The zero-order chi connectivity index (χ0) is 22.1. The molecule has 0 aliphatic carbocycles. The van der Waals surface area contributed by atoms with E-state index in [0.29, 0.717) is 29.3 Å². The molecule has 2 rings (SSSR count). The summed E-state index contributed by atoms with van der Waals surface area (Å²) >= 11 is 5.23. The van der Waals surface area contributed by atoms with Gasteiger partial charge in [-0.15, -0.1) is 0 Å². The number of hydrogen-bond acceptors (Lipinski definition) is 5. The summed E-state index contributed by atoms with van der Waals surface area (Å²) in [5.74, 6) is 0.724. The van der Waals surface area contributed by atoms with E-state index in [1.54, 1.807) is 51.5 Å². The Bertz CT molecular complexity index is 973. The Kier molecular flexibility index (Phi) is 8.37. The van der Waals surface area contributed by atoms with Crippen LogP contribution in [0.5, 0.6) is 11.5 Å². The minimum Gasteiger partial charge on any atom is -0.493 e. The molecule has 0 unspecified atom stereocenters. The smallest absolute Gasteiger partial charge is 0.250 e. The average Bonchev–Trinajstić information content (AvgIpc) is 2.74. The maximum absolute atomic E-state index is 12.2. The number of ether oxygens (including phenoxy) is 2. The molecule has 7 nitrogen and oxygen atoms in total. The van der Waals surface area contributed by atoms with Crippen molar-refractivity contribution in [3.8, 4) is 11.5 Å². The molecule has 2 amide bonds. The summed E-state index contributed by atoms with van der Waals surface area (Å²) in [6.45, 7) is 3.64. The fourth-order valence-corrected chi connectivity index (χ4v) is 2.79. The molecule has 0 heterocycles. The van der Waals surface area contributed by atoms with Gasteiger partial charge in [0.25, 0.3) is 0 Å². The molecule has 0 aromatic heterocycles. The molecule has 0 aliphatic rings. The topological polar surface area (TPSA) is 88.7 Å². The zero-order valence-corrected chi connectivity index (χ0v) is 18.2. The number of hydrogen-bond donors (Lipinski definition) is 3. The number of nitrogens with one attached hydrogen (secondary N) is 3. The lowest BCUT2D eigenvalue weighted by atomic mass is 10.1. The first-order valence-corrected chi connectivity index (χ1v) is 9.70. The summed E-state index contributed by atoms with van der Waals surface area (Å²) in [7, 11) is 3.11. The van der Waals surface area contributed by atoms with Gasteiger partial charge in [0.15, 0.2) is 16.6 Å². The molecule has 8 heteroatoms. The highest BCUT2D eigenvalue weighted by Gasteiger charge is 2.09. The minimum atomic E-state index is -0.379. The SMILES string of the molecule is CCC(=O)Nc1cccc(NC(=S)NC(=O)/C=C/c2ccc(OC)c(OC)c2)c1C. The molecular formula is C22H25N3O4S. The van der Waals surface area contributed by atoms with Gasteiger partial charge in [0, 0.05) is 23.9 Å². The van der Waals surface area contributed by atoms with Crippen LogP contribution in [0, 0.1) is 6.92 Å². The molecular weight excluding hydrogens is 402 g/mol. The van der Waals surface area contributed by atoms with Gasteiger partial charge in [0.05, 0.1) is 14.2 Å². The summed E-state index contributed by atoms with van der Waals surface area (Å²) < 4.78 is 10.4. The van der Waals surface area contributed by atoms with Crippen molar-refractivity contribution in [3.05, 3.63) is 53.6 Å². The van der Waals surface area contributed by atoms with Crippen LogP contribution in [0.4, 0.5) is 11.4 Å². The van der Waals surface area contributed by atoms with E-state index in [2.05, 4.69) is 16.0 Å². The monoisotopic (exact) mass is 427 g/mol. The highest BCUT2D eigenvalue weighted by Crippen LogP contribution is 2.28. The molecule has 158 valence electrons. The van der Waals surface area contributed by atoms with Crippen LogP contribution >= 0.6 is 12.2 Å². The number of carbonyl (C=O) groups excluding carboxylic acids is 2. The van der Waals surface area contributed by atoms with E-state index in [-0.39, 0.29) is 16.9 Å². The molecule has 0 spiro atoms. The zero-order valence-electron chi connectivity index (χ0n) is 17.4. The quantitative estimate of drug-likeness (QED) is 0.459. The second kappa shape index (κ2) is 11.0. The predicted octanol–water partition coefficient (Wildman–Crippen LogP) is 3.89. The Labute approximate surface area is 181 Å². The third kappa shape index (κ3) is 6.31. The lowest BCUT2D eigenvalue weighted by Crippen LogP contribution is -2.33. The van der Waals surface area contributed by atoms with E-state index in [0.717, 1.165) is 11.1 Å². The number of rotatable bonds is 7. The van der Waals surface area contributed by atoms with E-state index in [9.17, 15) is 9.59 Å². The first-order chi connectivity index (χ1) is 14.4. The Morgan fingerprint density at radius 2 is 1.70 bits per heavy atom. The lowest BCUT2D eigenvalue weighted by Gasteiger charge is -2.14. The number of methoxy groups -OCH3 is 2. The van der Waals surface area contributed by atoms with Crippen LogP contribution in [-0.2, 0) is 9.59 Å². The first-order valence-electron chi connectivity index (χ1n) is 9.29. The molecule has 0 radical (unpaired) electrons. The van der Waals surface area contributed by atoms with Gasteiger partial charge >= 0.3 is 0 Å². The van der Waals surface area contributed by atoms with Gasteiger partial charge in [-0.2, -0.15) is 0 Å². The molecule has 0 fully saturated rings. The van der Waals surface area contributed by atoms with Crippen molar-refractivity contribution in [1.29, 1.82) is 0 Å². The third-order valence-corrected chi connectivity index (χ3v) is 4.45. The summed E-state index contributed by atoms with van der Waals surface area (Å²) in [6.07, 6.45) is 3.41. The van der Waals surface area contributed by atoms with Gasteiger partial charge in [0.1, 0.15) is 0 Å². The molecule has 0 aliphatic heterocycles. The molecule has 0 saturated heterocycles. The molecule has 0 atom stereocenters. The number of benzene rings is 2. The molecule has 3 N–H and O–H groups in total. The lowest BCUT2D eigenvalue weighted by molar-refractivity contribution is -0.116. The fraction of sp³-hybridized carbons (Fsp3) is 0.227. The first kappa shape index (κ1) is 22.9. The van der Waals surface area contributed by atoms with Crippen molar-refractivity contribution in [2.45, 2.75) is 20.3 Å². The van der Waals surface area contributed by atoms with Crippen LogP contribution in [0.25, 0.3) is 6.08 Å². The Hall–Kier alpha value is -3.39. The van der Waals surface area contributed by atoms with Crippen molar-refractivity contribution in [2.24, 2.45) is 0 Å². The van der Waals surface area contributed by atoms with E-state index in [1.165, 1.54) is 6.08 Å². The van der Waals surface area contributed by atoms with Crippen LogP contribution in [0.1, 0.15) is 24.5 Å². The van der Waals surface area contributed by atoms with Crippen LogP contribution in [0.2, 0.25) is 0 Å². The fourth-order valence-electron chi connectivity index (χ4n) is 2.58. The summed E-state index contributed by atoms with van der Waals surface area (Å²) in [6, 6.07) is 10.7. The highest BCUT2D eigenvalue weighted by molar-refractivity contribution is 7.80. The normalized spacial score (nSPS) is 10.4. The number of thiocarbonyl (C=S) groups is 1. The van der Waals surface area contributed by atoms with Gasteiger partial charge in [-0.1, -0.05) is 19.1 Å². The van der Waals surface area contributed by atoms with Crippen LogP contribution < -0.4 is 25.4 Å². The summed E-state index contributed by atoms with van der Waals surface area (Å²) in [5, 5.41) is 8.56. The third-order valence-electron chi connectivity index (χ3n) is 4.25. The van der Waals surface area contributed by atoms with E-state index in [1.807, 2.05) is 19.1 Å². The van der Waals surface area contributed by atoms with Crippen molar-refractivity contribution >= 4 is 46.6 Å². The minimum absolute atomic E-state index is 0.0774. The standard InChI is InChI=1S/C22H25N3O4S/c1-5-20(26)23-16-7-6-8-17(14(16)2)24-22(30)25-21(27)12-10-15-9-11-18(28-3)19(13-15)29-4/h6-13H,5H2,1-4H3,(H,23,26)(H2,24,25,27,30)/b12-10+. The molecule has 2 aromatic rings. The van der Waals surface area contributed by atoms with Crippen molar-refractivity contribution in [2.75, 3.05) is 24.9 Å². The van der Waals surface area contributed by atoms with Crippen molar-refractivity contribution in [1.82, 2.24) is 5.32 Å². The van der Waals surface area contributed by atoms with Gasteiger partial charge in [-0.25, -0.2) is 0 Å².